The fourth-order valence-corrected chi connectivity index (χ4v) is 4.24. The lowest BCUT2D eigenvalue weighted by Gasteiger charge is -2.15. The summed E-state index contributed by atoms with van der Waals surface area (Å²) >= 11 is 1.92. The third kappa shape index (κ3) is 2.71. The average molecular weight is 337 g/mol. The van der Waals surface area contributed by atoms with Crippen LogP contribution in [0.3, 0.4) is 0 Å². The van der Waals surface area contributed by atoms with Crippen LogP contribution in [0.15, 0.2) is 59.3 Å². The van der Waals surface area contributed by atoms with Crippen molar-refractivity contribution in [3.8, 4) is 28.1 Å². The minimum atomic E-state index is 0.249. The molecule has 0 unspecified atom stereocenters. The van der Waals surface area contributed by atoms with Crippen LogP contribution in [-0.2, 0) is 5.41 Å². The summed E-state index contributed by atoms with van der Waals surface area (Å²) in [6.45, 7) is 0. The normalized spacial score (nSPS) is 15.4. The molecule has 0 aliphatic heterocycles. The van der Waals surface area contributed by atoms with E-state index in [1.807, 2.05) is 23.9 Å². The van der Waals surface area contributed by atoms with Gasteiger partial charge in [-0.2, -0.15) is 11.8 Å². The smallest absolute Gasteiger partial charge is 0.132 e. The van der Waals surface area contributed by atoms with Gasteiger partial charge in [0.25, 0.3) is 0 Å². The Labute approximate surface area is 145 Å². The van der Waals surface area contributed by atoms with Gasteiger partial charge < -0.3 is 9.63 Å². The third-order valence-corrected chi connectivity index (χ3v) is 5.61. The molecule has 3 aromatic rings. The average Bonchev–Trinajstić information content (AvgIpc) is 3.23. The molecule has 0 radical (unpaired) electrons. The number of phenolic OH excluding ortho intramolecular Hbond substituents is 1. The van der Waals surface area contributed by atoms with Gasteiger partial charge in [-0.25, -0.2) is 0 Å². The minimum absolute atomic E-state index is 0.249. The first-order chi connectivity index (χ1) is 11.7. The molecular formula is C20H19NO2S. The molecule has 24 heavy (non-hydrogen) atoms. The van der Waals surface area contributed by atoms with Crippen LogP contribution < -0.4 is 0 Å². The van der Waals surface area contributed by atoms with Gasteiger partial charge >= 0.3 is 0 Å². The van der Waals surface area contributed by atoms with Crippen LogP contribution >= 0.6 is 11.8 Å². The van der Waals surface area contributed by atoms with Crippen molar-refractivity contribution in [2.45, 2.75) is 18.3 Å². The maximum atomic E-state index is 9.48. The van der Waals surface area contributed by atoms with E-state index in [-0.39, 0.29) is 5.75 Å². The molecule has 1 N–H and O–H groups in total. The van der Waals surface area contributed by atoms with Gasteiger partial charge in [0.05, 0.1) is 0 Å². The zero-order chi connectivity index (χ0) is 16.6. The van der Waals surface area contributed by atoms with Gasteiger partial charge in [0.15, 0.2) is 0 Å². The molecule has 4 heteroatoms. The lowest BCUT2D eigenvalue weighted by Crippen LogP contribution is -2.09. The van der Waals surface area contributed by atoms with Crippen molar-refractivity contribution in [1.29, 1.82) is 0 Å². The van der Waals surface area contributed by atoms with E-state index in [4.69, 9.17) is 4.52 Å². The first kappa shape index (κ1) is 15.3. The summed E-state index contributed by atoms with van der Waals surface area (Å²) in [6, 6.07) is 15.8. The van der Waals surface area contributed by atoms with Gasteiger partial charge in [0.2, 0.25) is 0 Å². The molecule has 1 aliphatic rings. The minimum Gasteiger partial charge on any atom is -0.508 e. The SMILES string of the molecule is CSCC1(c2cccc(-c3conc3-c3ccc(O)cc3)c2)CC1. The van der Waals surface area contributed by atoms with Gasteiger partial charge in [-0.15, -0.1) is 0 Å². The van der Waals surface area contributed by atoms with E-state index in [0.29, 0.717) is 5.41 Å². The van der Waals surface area contributed by atoms with E-state index in [0.717, 1.165) is 22.4 Å². The molecule has 0 spiro atoms. The van der Waals surface area contributed by atoms with Crippen molar-refractivity contribution < 1.29 is 9.63 Å². The maximum absolute atomic E-state index is 9.48. The Bertz CT molecular complexity index is 850. The van der Waals surface area contributed by atoms with E-state index < -0.39 is 0 Å². The number of hydrogen-bond donors (Lipinski definition) is 1. The third-order valence-electron chi connectivity index (χ3n) is 4.77. The summed E-state index contributed by atoms with van der Waals surface area (Å²) in [7, 11) is 0. The number of benzene rings is 2. The van der Waals surface area contributed by atoms with Gasteiger partial charge in [-0.1, -0.05) is 29.4 Å². The van der Waals surface area contributed by atoms with E-state index in [1.165, 1.54) is 24.2 Å². The van der Waals surface area contributed by atoms with Crippen LogP contribution in [0.2, 0.25) is 0 Å². The van der Waals surface area contributed by atoms with Crippen molar-refractivity contribution in [2.75, 3.05) is 12.0 Å². The highest BCUT2D eigenvalue weighted by Crippen LogP contribution is 2.50. The van der Waals surface area contributed by atoms with E-state index in [9.17, 15) is 5.11 Å². The number of aromatic nitrogens is 1. The highest BCUT2D eigenvalue weighted by atomic mass is 32.2. The Hall–Kier alpha value is -2.20. The fraction of sp³-hybridized carbons (Fsp3) is 0.250. The van der Waals surface area contributed by atoms with Gasteiger partial charge in [-0.05, 0) is 54.5 Å². The van der Waals surface area contributed by atoms with Crippen LogP contribution in [0, 0.1) is 0 Å². The van der Waals surface area contributed by atoms with Gasteiger partial charge in [-0.3, -0.25) is 0 Å². The topological polar surface area (TPSA) is 46.3 Å². The zero-order valence-corrected chi connectivity index (χ0v) is 14.3. The molecule has 4 rings (SSSR count). The van der Waals surface area contributed by atoms with Gasteiger partial charge in [0, 0.05) is 22.3 Å². The second-order valence-corrected chi connectivity index (χ2v) is 7.28. The molecule has 0 atom stereocenters. The molecule has 0 amide bonds. The standard InChI is InChI=1S/C20H19NO2S/c1-24-13-20(9-10-20)16-4-2-3-15(11-16)18-12-23-21-19(18)14-5-7-17(22)8-6-14/h2-8,11-12,22H,9-10,13H2,1H3. The number of nitrogens with zero attached hydrogens (tertiary/aromatic N) is 1. The molecule has 1 aromatic heterocycles. The van der Waals surface area contributed by atoms with Crippen LogP contribution in [0.1, 0.15) is 18.4 Å². The highest BCUT2D eigenvalue weighted by molar-refractivity contribution is 7.98. The Morgan fingerprint density at radius 1 is 1.12 bits per heavy atom. The first-order valence-corrected chi connectivity index (χ1v) is 9.45. The van der Waals surface area contributed by atoms with Crippen LogP contribution in [0.5, 0.6) is 5.75 Å². The molecule has 1 aliphatic carbocycles. The summed E-state index contributed by atoms with van der Waals surface area (Å²) in [6.07, 6.45) is 6.42. The predicted octanol–water partition coefficient (Wildman–Crippen LogP) is 5.11. The molecule has 1 heterocycles. The Morgan fingerprint density at radius 2 is 1.92 bits per heavy atom. The Kier molecular flexibility index (Phi) is 3.85. The fourth-order valence-electron chi connectivity index (χ4n) is 3.23. The summed E-state index contributed by atoms with van der Waals surface area (Å²) < 4.78 is 5.26. The molecule has 0 saturated heterocycles. The summed E-state index contributed by atoms with van der Waals surface area (Å²) in [5.74, 6) is 1.42. The quantitative estimate of drug-likeness (QED) is 0.703. The lowest BCUT2D eigenvalue weighted by atomic mass is 9.93. The van der Waals surface area contributed by atoms with Crippen LogP contribution in [0.25, 0.3) is 22.4 Å². The zero-order valence-electron chi connectivity index (χ0n) is 13.5. The predicted molar refractivity (Wildman–Crippen MR) is 98.3 cm³/mol. The van der Waals surface area contributed by atoms with Crippen molar-refractivity contribution in [1.82, 2.24) is 5.16 Å². The highest BCUT2D eigenvalue weighted by Gasteiger charge is 2.43. The molecule has 0 bridgehead atoms. The second-order valence-electron chi connectivity index (χ2n) is 6.42. The van der Waals surface area contributed by atoms with Gasteiger partial charge in [0.1, 0.15) is 17.7 Å². The summed E-state index contributed by atoms with van der Waals surface area (Å²) in [5, 5.41) is 13.7. The summed E-state index contributed by atoms with van der Waals surface area (Å²) in [4.78, 5) is 0. The largest absolute Gasteiger partial charge is 0.508 e. The lowest BCUT2D eigenvalue weighted by molar-refractivity contribution is 0.422. The monoisotopic (exact) mass is 337 g/mol. The van der Waals surface area contributed by atoms with Crippen molar-refractivity contribution >= 4 is 11.8 Å². The van der Waals surface area contributed by atoms with E-state index in [2.05, 4.69) is 35.7 Å². The van der Waals surface area contributed by atoms with E-state index in [1.54, 1.807) is 18.4 Å². The number of thioether (sulfide) groups is 1. The Morgan fingerprint density at radius 3 is 2.62 bits per heavy atom. The second kappa shape index (κ2) is 6.02. The van der Waals surface area contributed by atoms with Crippen molar-refractivity contribution in [2.24, 2.45) is 0 Å². The summed E-state index contributed by atoms with van der Waals surface area (Å²) in [5.41, 5.74) is 5.62. The number of phenols is 1. The van der Waals surface area contributed by atoms with Crippen molar-refractivity contribution in [3.63, 3.8) is 0 Å². The molecule has 3 nitrogen and oxygen atoms in total. The van der Waals surface area contributed by atoms with Crippen LogP contribution in [0.4, 0.5) is 0 Å². The molecular weight excluding hydrogens is 318 g/mol. The number of aromatic hydroxyl groups is 1. The van der Waals surface area contributed by atoms with E-state index >= 15 is 0 Å². The maximum Gasteiger partial charge on any atom is 0.132 e. The van der Waals surface area contributed by atoms with Crippen LogP contribution in [-0.4, -0.2) is 22.3 Å². The number of hydrogen-bond acceptors (Lipinski definition) is 4. The first-order valence-electron chi connectivity index (χ1n) is 8.05. The number of rotatable bonds is 5. The molecule has 1 fully saturated rings. The Balaban J connectivity index is 1.73. The molecule has 1 saturated carbocycles. The van der Waals surface area contributed by atoms with Crippen molar-refractivity contribution in [3.05, 3.63) is 60.4 Å². The molecule has 2 aromatic carbocycles. The molecule has 122 valence electrons.